The van der Waals surface area contributed by atoms with Crippen LogP contribution in [0, 0.1) is 10.8 Å². The van der Waals surface area contributed by atoms with Gasteiger partial charge in [0.1, 0.15) is 11.5 Å². The molecule has 0 bridgehead atoms. The third-order valence-corrected chi connectivity index (χ3v) is 3.37. The lowest BCUT2D eigenvalue weighted by Gasteiger charge is -2.30. The van der Waals surface area contributed by atoms with Gasteiger partial charge in [0.15, 0.2) is 0 Å². The summed E-state index contributed by atoms with van der Waals surface area (Å²) in [5.74, 6) is 1.02. The molecule has 1 aromatic rings. The second kappa shape index (κ2) is 7.11. The number of hydrogen-bond acceptors (Lipinski definition) is 2. The van der Waals surface area contributed by atoms with Crippen LogP contribution >= 0.6 is 0 Å². The summed E-state index contributed by atoms with van der Waals surface area (Å²) in [6.07, 6.45) is 0.844. The summed E-state index contributed by atoms with van der Waals surface area (Å²) in [5, 5.41) is 0. The van der Waals surface area contributed by atoms with Gasteiger partial charge >= 0.3 is 0 Å². The van der Waals surface area contributed by atoms with Crippen LogP contribution in [-0.2, 0) is 4.79 Å². The highest BCUT2D eigenvalue weighted by molar-refractivity contribution is 5.90. The van der Waals surface area contributed by atoms with Crippen LogP contribution in [0.15, 0.2) is 24.3 Å². The molecule has 0 saturated carbocycles. The van der Waals surface area contributed by atoms with Crippen LogP contribution in [0.2, 0.25) is 0 Å². The molecule has 0 radical (unpaired) electrons. The summed E-state index contributed by atoms with van der Waals surface area (Å²) >= 11 is 0. The first kappa shape index (κ1) is 19.7. The van der Waals surface area contributed by atoms with Crippen molar-refractivity contribution in [3.63, 3.8) is 0 Å². The lowest BCUT2D eigenvalue weighted by Crippen LogP contribution is -2.29. The van der Waals surface area contributed by atoms with Gasteiger partial charge < -0.3 is 4.74 Å². The first-order valence-electron chi connectivity index (χ1n) is 7.23. The van der Waals surface area contributed by atoms with Crippen molar-refractivity contribution in [1.82, 2.24) is 0 Å². The SMILES string of the molecule is C.COc1cccc(C(CC(C)(C)C)C(=O)C(C)(C)C)c1. The Morgan fingerprint density at radius 1 is 1.14 bits per heavy atom. The van der Waals surface area contributed by atoms with Crippen LogP contribution in [-0.4, -0.2) is 12.9 Å². The minimum absolute atomic E-state index is 0. The quantitative estimate of drug-likeness (QED) is 0.736. The lowest BCUT2D eigenvalue weighted by atomic mass is 9.73. The molecule has 0 aliphatic rings. The van der Waals surface area contributed by atoms with Gasteiger partial charge in [-0.25, -0.2) is 0 Å². The van der Waals surface area contributed by atoms with E-state index in [1.807, 2.05) is 45.0 Å². The first-order chi connectivity index (χ1) is 9.04. The van der Waals surface area contributed by atoms with E-state index in [1.165, 1.54) is 0 Å². The normalized spacial score (nSPS) is 13.3. The van der Waals surface area contributed by atoms with Gasteiger partial charge in [0.05, 0.1) is 7.11 Å². The van der Waals surface area contributed by atoms with Crippen LogP contribution < -0.4 is 4.74 Å². The average Bonchev–Trinajstić information content (AvgIpc) is 2.33. The monoisotopic (exact) mass is 292 g/mol. The molecule has 1 atom stereocenters. The van der Waals surface area contributed by atoms with Gasteiger partial charge in [-0.2, -0.15) is 0 Å². The second-order valence-corrected chi connectivity index (χ2v) is 7.71. The largest absolute Gasteiger partial charge is 0.497 e. The minimum Gasteiger partial charge on any atom is -0.497 e. The van der Waals surface area contributed by atoms with Crippen molar-refractivity contribution in [2.45, 2.75) is 61.3 Å². The number of methoxy groups -OCH3 is 1. The highest BCUT2D eigenvalue weighted by atomic mass is 16.5. The Hall–Kier alpha value is -1.31. The van der Waals surface area contributed by atoms with Gasteiger partial charge in [-0.15, -0.1) is 0 Å². The number of carbonyl (C=O) groups is 1. The molecule has 2 nitrogen and oxygen atoms in total. The van der Waals surface area contributed by atoms with E-state index < -0.39 is 0 Å². The molecule has 0 N–H and O–H groups in total. The van der Waals surface area contributed by atoms with Crippen LogP contribution in [0.1, 0.15) is 66.9 Å². The molecule has 0 heterocycles. The molecule has 1 unspecified atom stereocenters. The smallest absolute Gasteiger partial charge is 0.145 e. The Morgan fingerprint density at radius 3 is 2.14 bits per heavy atom. The fourth-order valence-corrected chi connectivity index (χ4v) is 2.36. The fourth-order valence-electron chi connectivity index (χ4n) is 2.36. The van der Waals surface area contributed by atoms with Crippen molar-refractivity contribution in [1.29, 1.82) is 0 Å². The van der Waals surface area contributed by atoms with Crippen molar-refractivity contribution in [2.24, 2.45) is 10.8 Å². The fraction of sp³-hybridized carbons (Fsp3) is 0.632. The lowest BCUT2D eigenvalue weighted by molar-refractivity contribution is -0.128. The molecule has 120 valence electrons. The second-order valence-electron chi connectivity index (χ2n) is 7.71. The predicted octanol–water partition coefficient (Wildman–Crippen LogP) is 5.47. The van der Waals surface area contributed by atoms with Gasteiger partial charge in [0.2, 0.25) is 0 Å². The number of hydrogen-bond donors (Lipinski definition) is 0. The summed E-state index contributed by atoms with van der Waals surface area (Å²) in [6, 6.07) is 7.89. The Bertz CT molecular complexity index is 461. The first-order valence-corrected chi connectivity index (χ1v) is 7.23. The molecular weight excluding hydrogens is 260 g/mol. The molecule has 0 fully saturated rings. The summed E-state index contributed by atoms with van der Waals surface area (Å²) in [5.41, 5.74) is 0.826. The number of ketones is 1. The van der Waals surface area contributed by atoms with E-state index in [1.54, 1.807) is 7.11 Å². The van der Waals surface area contributed by atoms with Gasteiger partial charge in [0, 0.05) is 11.3 Å². The number of Topliss-reactive ketones (excluding diaryl/α,β-unsaturated/α-hetero) is 1. The van der Waals surface area contributed by atoms with E-state index >= 15 is 0 Å². The summed E-state index contributed by atoms with van der Waals surface area (Å²) in [6.45, 7) is 12.5. The molecule has 1 rings (SSSR count). The third-order valence-electron chi connectivity index (χ3n) is 3.37. The number of benzene rings is 1. The molecular formula is C19H32O2. The van der Waals surface area contributed by atoms with Crippen LogP contribution in [0.3, 0.4) is 0 Å². The molecule has 1 aromatic carbocycles. The van der Waals surface area contributed by atoms with E-state index in [-0.39, 0.29) is 24.2 Å². The van der Waals surface area contributed by atoms with Gasteiger partial charge in [-0.1, -0.05) is 61.1 Å². The van der Waals surface area contributed by atoms with Crippen LogP contribution in [0.5, 0.6) is 5.75 Å². The molecule has 0 aromatic heterocycles. The summed E-state index contributed by atoms with van der Waals surface area (Å²) < 4.78 is 5.29. The molecule has 0 saturated heterocycles. The minimum atomic E-state index is -0.334. The van der Waals surface area contributed by atoms with Crippen molar-refractivity contribution in [2.75, 3.05) is 7.11 Å². The molecule has 0 aliphatic carbocycles. The van der Waals surface area contributed by atoms with Crippen LogP contribution in [0.25, 0.3) is 0 Å². The average molecular weight is 292 g/mol. The van der Waals surface area contributed by atoms with Crippen LogP contribution in [0.4, 0.5) is 0 Å². The molecule has 0 spiro atoms. The molecule has 21 heavy (non-hydrogen) atoms. The van der Waals surface area contributed by atoms with Crippen molar-refractivity contribution in [3.05, 3.63) is 29.8 Å². The predicted molar refractivity (Wildman–Crippen MR) is 91.0 cm³/mol. The van der Waals surface area contributed by atoms with E-state index in [9.17, 15) is 4.79 Å². The van der Waals surface area contributed by atoms with E-state index in [0.29, 0.717) is 5.78 Å². The Kier molecular flexibility index (Phi) is 6.66. The maximum Gasteiger partial charge on any atom is 0.145 e. The zero-order valence-corrected chi connectivity index (χ0v) is 13.9. The van der Waals surface area contributed by atoms with Crippen molar-refractivity contribution < 1.29 is 9.53 Å². The number of carbonyl (C=O) groups excluding carboxylic acids is 1. The molecule has 2 heteroatoms. The molecule has 0 amide bonds. The standard InChI is InChI=1S/C18H28O2.CH4/c1-17(2,3)12-15(16(19)18(4,5)6)13-9-8-10-14(11-13)20-7;/h8-11,15H,12H2,1-7H3;1H4. The Morgan fingerprint density at radius 2 is 1.71 bits per heavy atom. The Labute approximate surface area is 130 Å². The summed E-state index contributed by atoms with van der Waals surface area (Å²) in [7, 11) is 1.66. The van der Waals surface area contributed by atoms with E-state index in [0.717, 1.165) is 17.7 Å². The van der Waals surface area contributed by atoms with E-state index in [4.69, 9.17) is 4.74 Å². The van der Waals surface area contributed by atoms with Crippen molar-refractivity contribution in [3.8, 4) is 5.75 Å². The van der Waals surface area contributed by atoms with Gasteiger partial charge in [-0.05, 0) is 29.5 Å². The maximum atomic E-state index is 12.8. The number of ether oxygens (including phenoxy) is 1. The third kappa shape index (κ3) is 5.91. The van der Waals surface area contributed by atoms with Crippen molar-refractivity contribution >= 4 is 5.78 Å². The van der Waals surface area contributed by atoms with E-state index in [2.05, 4.69) is 20.8 Å². The zero-order valence-electron chi connectivity index (χ0n) is 13.9. The highest BCUT2D eigenvalue weighted by Crippen LogP contribution is 2.37. The highest BCUT2D eigenvalue weighted by Gasteiger charge is 2.33. The molecule has 0 aliphatic heterocycles. The summed E-state index contributed by atoms with van der Waals surface area (Å²) in [4.78, 5) is 12.8. The van der Waals surface area contributed by atoms with Gasteiger partial charge in [-0.3, -0.25) is 4.79 Å². The maximum absolute atomic E-state index is 12.8. The Balaban J connectivity index is 0.00000400. The number of rotatable bonds is 4. The van der Waals surface area contributed by atoms with Gasteiger partial charge in [0.25, 0.3) is 0 Å². The zero-order chi connectivity index (χ0) is 15.6. The topological polar surface area (TPSA) is 26.3 Å².